The SMILES string of the molecule is CC(C)CCN(CCC(C)C)Cc1ccc2nc(Cc3cccs3)n(CCCN3CCCCC3)c2c1. The maximum absolute atomic E-state index is 5.13. The summed E-state index contributed by atoms with van der Waals surface area (Å²) in [6, 6.07) is 11.4. The molecule has 2 aromatic heterocycles. The van der Waals surface area contributed by atoms with Crippen LogP contribution < -0.4 is 0 Å². The van der Waals surface area contributed by atoms with Gasteiger partial charge in [-0.25, -0.2) is 4.98 Å². The van der Waals surface area contributed by atoms with Gasteiger partial charge in [-0.2, -0.15) is 0 Å². The molecule has 0 saturated carbocycles. The number of fused-ring (bicyclic) bond motifs is 1. The van der Waals surface area contributed by atoms with E-state index < -0.39 is 0 Å². The number of nitrogens with zero attached hydrogens (tertiary/aromatic N) is 4. The van der Waals surface area contributed by atoms with E-state index in [0.717, 1.165) is 36.9 Å². The summed E-state index contributed by atoms with van der Waals surface area (Å²) < 4.78 is 2.54. The molecule has 198 valence electrons. The normalized spacial score (nSPS) is 15.2. The van der Waals surface area contributed by atoms with Gasteiger partial charge in [0.1, 0.15) is 5.82 Å². The van der Waals surface area contributed by atoms with E-state index in [1.54, 1.807) is 0 Å². The van der Waals surface area contributed by atoms with Crippen LogP contribution in [0.4, 0.5) is 0 Å². The van der Waals surface area contributed by atoms with Crippen LogP contribution in [0.2, 0.25) is 0 Å². The van der Waals surface area contributed by atoms with Crippen LogP contribution in [0.3, 0.4) is 0 Å². The molecule has 1 aromatic carbocycles. The Kier molecular flexibility index (Phi) is 10.4. The number of benzene rings is 1. The van der Waals surface area contributed by atoms with Gasteiger partial charge in [0.15, 0.2) is 0 Å². The van der Waals surface area contributed by atoms with Crippen molar-refractivity contribution >= 4 is 22.4 Å². The second-order valence-electron chi connectivity index (χ2n) is 11.7. The first-order valence-corrected chi connectivity index (χ1v) is 15.3. The van der Waals surface area contributed by atoms with Gasteiger partial charge >= 0.3 is 0 Å². The van der Waals surface area contributed by atoms with E-state index >= 15 is 0 Å². The number of thiophene rings is 1. The number of rotatable bonds is 14. The fourth-order valence-corrected chi connectivity index (χ4v) is 6.02. The average Bonchev–Trinajstić information content (AvgIpc) is 3.49. The van der Waals surface area contributed by atoms with Crippen LogP contribution >= 0.6 is 11.3 Å². The van der Waals surface area contributed by atoms with Crippen molar-refractivity contribution in [3.05, 3.63) is 52.0 Å². The highest BCUT2D eigenvalue weighted by Crippen LogP contribution is 2.24. The van der Waals surface area contributed by atoms with Crippen LogP contribution in [0.1, 0.15) is 82.5 Å². The van der Waals surface area contributed by atoms with Crippen molar-refractivity contribution < 1.29 is 0 Å². The highest BCUT2D eigenvalue weighted by Gasteiger charge is 2.16. The van der Waals surface area contributed by atoms with E-state index in [4.69, 9.17) is 4.98 Å². The Bertz CT molecular complexity index is 1020. The molecule has 0 aliphatic carbocycles. The summed E-state index contributed by atoms with van der Waals surface area (Å²) in [5.41, 5.74) is 3.90. The minimum absolute atomic E-state index is 0.746. The molecule has 1 saturated heterocycles. The zero-order valence-electron chi connectivity index (χ0n) is 23.2. The second-order valence-corrected chi connectivity index (χ2v) is 12.7. The summed E-state index contributed by atoms with van der Waals surface area (Å²) in [6.07, 6.45) is 8.79. The van der Waals surface area contributed by atoms with E-state index in [1.807, 2.05) is 11.3 Å². The molecule has 0 N–H and O–H groups in total. The molecule has 0 spiro atoms. The Morgan fingerprint density at radius 3 is 2.36 bits per heavy atom. The Hall–Kier alpha value is -1.69. The number of hydrogen-bond donors (Lipinski definition) is 0. The monoisotopic (exact) mass is 508 g/mol. The first-order valence-electron chi connectivity index (χ1n) is 14.4. The molecule has 36 heavy (non-hydrogen) atoms. The molecule has 0 atom stereocenters. The predicted molar refractivity (Wildman–Crippen MR) is 156 cm³/mol. The van der Waals surface area contributed by atoms with Crippen LogP contribution in [-0.2, 0) is 19.5 Å². The Morgan fingerprint density at radius 2 is 1.69 bits per heavy atom. The zero-order valence-corrected chi connectivity index (χ0v) is 24.0. The van der Waals surface area contributed by atoms with Gasteiger partial charge in [0, 0.05) is 24.4 Å². The summed E-state index contributed by atoms with van der Waals surface area (Å²) >= 11 is 1.84. The molecule has 4 rings (SSSR count). The minimum atomic E-state index is 0.746. The summed E-state index contributed by atoms with van der Waals surface area (Å²) in [7, 11) is 0. The molecule has 4 nitrogen and oxygen atoms in total. The molecule has 0 amide bonds. The standard InChI is InChI=1S/C31H48N4S/c1-25(2)13-19-34(20-14-26(3)4)24-27-11-12-29-30(22-27)35(18-9-17-33-15-6-5-7-16-33)31(32-29)23-28-10-8-21-36-28/h8,10-12,21-22,25-26H,5-7,9,13-20,23-24H2,1-4H3. The minimum Gasteiger partial charge on any atom is -0.328 e. The number of imidazole rings is 1. The molecule has 1 aliphatic heterocycles. The number of piperidine rings is 1. The van der Waals surface area contributed by atoms with Crippen molar-refractivity contribution in [2.24, 2.45) is 11.8 Å². The molecular formula is C31H48N4S. The van der Waals surface area contributed by atoms with Crippen LogP contribution in [-0.4, -0.2) is 52.1 Å². The molecule has 1 aliphatic rings. The van der Waals surface area contributed by atoms with E-state index in [-0.39, 0.29) is 0 Å². The number of aromatic nitrogens is 2. The van der Waals surface area contributed by atoms with Crippen molar-refractivity contribution in [3.8, 4) is 0 Å². The van der Waals surface area contributed by atoms with Gasteiger partial charge in [0.2, 0.25) is 0 Å². The number of hydrogen-bond acceptors (Lipinski definition) is 4. The van der Waals surface area contributed by atoms with Gasteiger partial charge in [-0.1, -0.05) is 46.2 Å². The maximum atomic E-state index is 5.13. The van der Waals surface area contributed by atoms with Gasteiger partial charge in [0.25, 0.3) is 0 Å². The summed E-state index contributed by atoms with van der Waals surface area (Å²) in [5.74, 6) is 2.71. The largest absolute Gasteiger partial charge is 0.328 e. The summed E-state index contributed by atoms with van der Waals surface area (Å²) in [4.78, 5) is 11.9. The van der Waals surface area contributed by atoms with E-state index in [0.29, 0.717) is 0 Å². The van der Waals surface area contributed by atoms with Crippen LogP contribution in [0.5, 0.6) is 0 Å². The van der Waals surface area contributed by atoms with Crippen LogP contribution in [0.25, 0.3) is 11.0 Å². The highest BCUT2D eigenvalue weighted by atomic mass is 32.1. The first kappa shape index (κ1) is 27.3. The van der Waals surface area contributed by atoms with Gasteiger partial charge in [-0.3, -0.25) is 4.90 Å². The molecule has 5 heteroatoms. The first-order chi connectivity index (χ1) is 17.5. The number of aryl methyl sites for hydroxylation is 1. The van der Waals surface area contributed by atoms with Crippen LogP contribution in [0.15, 0.2) is 35.7 Å². The quantitative estimate of drug-likeness (QED) is 0.226. The van der Waals surface area contributed by atoms with Crippen molar-refractivity contribution in [2.45, 2.75) is 85.7 Å². The van der Waals surface area contributed by atoms with Gasteiger partial charge in [0.05, 0.1) is 11.0 Å². The smallest absolute Gasteiger partial charge is 0.115 e. The Balaban J connectivity index is 1.53. The van der Waals surface area contributed by atoms with Crippen molar-refractivity contribution in [1.82, 2.24) is 19.4 Å². The number of likely N-dealkylation sites (tertiary alicyclic amines) is 1. The molecular weight excluding hydrogens is 460 g/mol. The van der Waals surface area contributed by atoms with Gasteiger partial charge in [-0.05, 0) is 106 Å². The molecule has 1 fully saturated rings. The molecule has 0 unspecified atom stereocenters. The van der Waals surface area contributed by atoms with E-state index in [9.17, 15) is 0 Å². The third-order valence-corrected chi connectivity index (χ3v) is 8.44. The fourth-order valence-electron chi connectivity index (χ4n) is 5.32. The van der Waals surface area contributed by atoms with Crippen molar-refractivity contribution in [3.63, 3.8) is 0 Å². The van der Waals surface area contributed by atoms with Crippen molar-refractivity contribution in [1.29, 1.82) is 0 Å². The topological polar surface area (TPSA) is 24.3 Å². The average molecular weight is 509 g/mol. The lowest BCUT2D eigenvalue weighted by Crippen LogP contribution is -2.31. The highest BCUT2D eigenvalue weighted by molar-refractivity contribution is 7.09. The molecule has 0 radical (unpaired) electrons. The predicted octanol–water partition coefficient (Wildman–Crippen LogP) is 7.46. The van der Waals surface area contributed by atoms with Crippen molar-refractivity contribution in [2.75, 3.05) is 32.7 Å². The Labute approximate surface area is 223 Å². The van der Waals surface area contributed by atoms with E-state index in [1.165, 1.54) is 93.0 Å². The molecule has 3 heterocycles. The lowest BCUT2D eigenvalue weighted by molar-refractivity contribution is 0.223. The van der Waals surface area contributed by atoms with Gasteiger partial charge < -0.3 is 9.47 Å². The molecule has 3 aromatic rings. The fraction of sp³-hybridized carbons (Fsp3) is 0.645. The maximum Gasteiger partial charge on any atom is 0.115 e. The Morgan fingerprint density at radius 1 is 0.944 bits per heavy atom. The van der Waals surface area contributed by atoms with Crippen LogP contribution in [0, 0.1) is 11.8 Å². The summed E-state index contributed by atoms with van der Waals surface area (Å²) in [6.45, 7) is 17.6. The molecule has 0 bridgehead atoms. The van der Waals surface area contributed by atoms with Gasteiger partial charge in [-0.15, -0.1) is 11.3 Å². The second kappa shape index (κ2) is 13.7. The summed E-state index contributed by atoms with van der Waals surface area (Å²) in [5, 5.41) is 2.18. The third-order valence-electron chi connectivity index (χ3n) is 7.56. The van der Waals surface area contributed by atoms with E-state index in [2.05, 4.69) is 77.8 Å². The lowest BCUT2D eigenvalue weighted by Gasteiger charge is -2.26. The lowest BCUT2D eigenvalue weighted by atomic mass is 10.1. The zero-order chi connectivity index (χ0) is 25.3. The third kappa shape index (κ3) is 8.16.